The molecule has 0 N–H and O–H groups in total. The first-order valence-corrected chi connectivity index (χ1v) is 9.31. The van der Waals surface area contributed by atoms with Crippen LogP contribution in [0.25, 0.3) is 10.6 Å². The van der Waals surface area contributed by atoms with Crippen LogP contribution in [-0.4, -0.2) is 33.3 Å². The first-order chi connectivity index (χ1) is 13.1. The maximum absolute atomic E-state index is 12.6. The molecule has 8 heteroatoms. The van der Waals surface area contributed by atoms with Crippen molar-refractivity contribution in [2.24, 2.45) is 7.05 Å². The number of aromatic nitrogens is 3. The molecule has 1 aromatic carbocycles. The molecule has 0 bridgehead atoms. The molecule has 0 unspecified atom stereocenters. The van der Waals surface area contributed by atoms with Gasteiger partial charge in [-0.15, -0.1) is 11.3 Å². The molecular weight excluding hydrogens is 366 g/mol. The van der Waals surface area contributed by atoms with Crippen molar-refractivity contribution in [3.05, 3.63) is 59.4 Å². The SMILES string of the molecule is CCOC(=O)C[C@H](OC(=O)c1csc(-c2cnn(C)c2)n1)c1ccccc1. The van der Waals surface area contributed by atoms with Crippen molar-refractivity contribution in [3.63, 3.8) is 0 Å². The number of aryl methyl sites for hydroxylation is 1. The van der Waals surface area contributed by atoms with E-state index >= 15 is 0 Å². The molecule has 3 aromatic rings. The molecule has 0 fully saturated rings. The fourth-order valence-corrected chi connectivity index (χ4v) is 3.25. The van der Waals surface area contributed by atoms with Crippen molar-refractivity contribution in [3.8, 4) is 10.6 Å². The van der Waals surface area contributed by atoms with E-state index in [0.29, 0.717) is 5.01 Å². The van der Waals surface area contributed by atoms with E-state index in [9.17, 15) is 9.59 Å². The first-order valence-electron chi connectivity index (χ1n) is 8.43. The van der Waals surface area contributed by atoms with Crippen molar-refractivity contribution in [1.82, 2.24) is 14.8 Å². The summed E-state index contributed by atoms with van der Waals surface area (Å²) in [6.45, 7) is 2.01. The Hall–Kier alpha value is -3.00. The summed E-state index contributed by atoms with van der Waals surface area (Å²) in [6.07, 6.45) is 2.72. The van der Waals surface area contributed by atoms with E-state index in [4.69, 9.17) is 9.47 Å². The third-order valence-electron chi connectivity index (χ3n) is 3.74. The fourth-order valence-electron chi connectivity index (χ4n) is 2.49. The molecule has 3 rings (SSSR count). The minimum absolute atomic E-state index is 0.0524. The number of hydrogen-bond acceptors (Lipinski definition) is 7. The monoisotopic (exact) mass is 385 g/mol. The normalized spacial score (nSPS) is 11.8. The van der Waals surface area contributed by atoms with Crippen LogP contribution < -0.4 is 0 Å². The summed E-state index contributed by atoms with van der Waals surface area (Å²) in [4.78, 5) is 28.8. The van der Waals surface area contributed by atoms with Gasteiger partial charge in [0.2, 0.25) is 0 Å². The topological polar surface area (TPSA) is 83.3 Å². The Bertz CT molecular complexity index is 920. The van der Waals surface area contributed by atoms with Crippen LogP contribution >= 0.6 is 11.3 Å². The second kappa shape index (κ2) is 8.59. The molecule has 0 aliphatic carbocycles. The van der Waals surface area contributed by atoms with Gasteiger partial charge < -0.3 is 9.47 Å². The summed E-state index contributed by atoms with van der Waals surface area (Å²) >= 11 is 1.33. The molecular formula is C19H19N3O4S. The largest absolute Gasteiger partial charge is 0.466 e. The van der Waals surface area contributed by atoms with Crippen molar-refractivity contribution < 1.29 is 19.1 Å². The van der Waals surface area contributed by atoms with Crippen LogP contribution in [0.5, 0.6) is 0 Å². The second-order valence-electron chi connectivity index (χ2n) is 5.75. The Labute approximate surface area is 160 Å². The van der Waals surface area contributed by atoms with Crippen molar-refractivity contribution in [2.75, 3.05) is 6.61 Å². The number of rotatable bonds is 7. The summed E-state index contributed by atoms with van der Waals surface area (Å²) in [6, 6.07) is 9.11. The Morgan fingerprint density at radius 2 is 2.04 bits per heavy atom. The Morgan fingerprint density at radius 3 is 2.70 bits per heavy atom. The van der Waals surface area contributed by atoms with Gasteiger partial charge in [-0.05, 0) is 12.5 Å². The number of esters is 2. The number of hydrogen-bond donors (Lipinski definition) is 0. The van der Waals surface area contributed by atoms with Crippen molar-refractivity contribution in [1.29, 1.82) is 0 Å². The molecule has 0 aliphatic rings. The van der Waals surface area contributed by atoms with E-state index in [1.165, 1.54) is 11.3 Å². The Kier molecular flexibility index (Phi) is 5.97. The van der Waals surface area contributed by atoms with Crippen molar-refractivity contribution in [2.45, 2.75) is 19.4 Å². The molecule has 140 valence electrons. The molecule has 0 aliphatic heterocycles. The summed E-state index contributed by atoms with van der Waals surface area (Å²) in [5.41, 5.74) is 1.75. The molecule has 2 aromatic heterocycles. The number of benzene rings is 1. The molecule has 0 amide bonds. The number of carbonyl (C=O) groups is 2. The van der Waals surface area contributed by atoms with Gasteiger partial charge in [0.15, 0.2) is 5.69 Å². The summed E-state index contributed by atoms with van der Waals surface area (Å²) < 4.78 is 12.2. The quantitative estimate of drug-likeness (QED) is 0.580. The lowest BCUT2D eigenvalue weighted by Crippen LogP contribution is -2.17. The van der Waals surface area contributed by atoms with Gasteiger partial charge in [-0.3, -0.25) is 9.48 Å². The second-order valence-corrected chi connectivity index (χ2v) is 6.61. The highest BCUT2D eigenvalue weighted by molar-refractivity contribution is 7.13. The van der Waals surface area contributed by atoms with Gasteiger partial charge in [-0.2, -0.15) is 5.10 Å². The van der Waals surface area contributed by atoms with Crippen LogP contribution in [0.2, 0.25) is 0 Å². The van der Waals surface area contributed by atoms with Crippen LogP contribution in [0.3, 0.4) is 0 Å². The predicted octanol–water partition coefficient (Wildman–Crippen LogP) is 3.39. The zero-order valence-electron chi connectivity index (χ0n) is 15.0. The van der Waals surface area contributed by atoms with Crippen molar-refractivity contribution >= 4 is 23.3 Å². The van der Waals surface area contributed by atoms with E-state index < -0.39 is 18.0 Å². The van der Waals surface area contributed by atoms with Gasteiger partial charge in [-0.1, -0.05) is 30.3 Å². The van der Waals surface area contributed by atoms with E-state index in [1.54, 1.807) is 35.3 Å². The van der Waals surface area contributed by atoms with Gasteiger partial charge in [0.05, 0.1) is 19.2 Å². The van der Waals surface area contributed by atoms with E-state index in [-0.39, 0.29) is 18.7 Å². The zero-order chi connectivity index (χ0) is 19.2. The third kappa shape index (κ3) is 4.79. The molecule has 2 heterocycles. The smallest absolute Gasteiger partial charge is 0.358 e. The Balaban J connectivity index is 1.76. The van der Waals surface area contributed by atoms with Crippen LogP contribution in [0.15, 0.2) is 48.1 Å². The highest BCUT2D eigenvalue weighted by Gasteiger charge is 2.23. The lowest BCUT2D eigenvalue weighted by atomic mass is 10.1. The molecule has 27 heavy (non-hydrogen) atoms. The number of carbonyl (C=O) groups excluding carboxylic acids is 2. The molecule has 7 nitrogen and oxygen atoms in total. The predicted molar refractivity (Wildman–Crippen MR) is 100 cm³/mol. The molecule has 0 spiro atoms. The van der Waals surface area contributed by atoms with Gasteiger partial charge in [0, 0.05) is 24.2 Å². The average molecular weight is 385 g/mol. The van der Waals surface area contributed by atoms with E-state index in [2.05, 4.69) is 10.1 Å². The lowest BCUT2D eigenvalue weighted by Gasteiger charge is -2.17. The van der Waals surface area contributed by atoms with Gasteiger partial charge in [0.1, 0.15) is 11.1 Å². The number of ether oxygens (including phenoxy) is 2. The lowest BCUT2D eigenvalue weighted by molar-refractivity contribution is -0.145. The Morgan fingerprint density at radius 1 is 1.26 bits per heavy atom. The molecule has 0 radical (unpaired) electrons. The molecule has 1 atom stereocenters. The van der Waals surface area contributed by atoms with Gasteiger partial charge in [0.25, 0.3) is 0 Å². The maximum atomic E-state index is 12.6. The van der Waals surface area contributed by atoms with Crippen LogP contribution in [-0.2, 0) is 21.3 Å². The van der Waals surface area contributed by atoms with Crippen LogP contribution in [0.4, 0.5) is 0 Å². The number of nitrogens with zero attached hydrogens (tertiary/aromatic N) is 3. The molecule has 0 saturated heterocycles. The highest BCUT2D eigenvalue weighted by atomic mass is 32.1. The van der Waals surface area contributed by atoms with E-state index in [1.807, 2.05) is 31.4 Å². The summed E-state index contributed by atoms with van der Waals surface area (Å²) in [5.74, 6) is -1.01. The highest BCUT2D eigenvalue weighted by Crippen LogP contribution is 2.26. The van der Waals surface area contributed by atoms with E-state index in [0.717, 1.165) is 11.1 Å². The standard InChI is InChI=1S/C19H19N3O4S/c1-3-25-17(23)9-16(13-7-5-4-6-8-13)26-19(24)15-12-27-18(21-15)14-10-20-22(2)11-14/h4-8,10-12,16H,3,9H2,1-2H3/t16-/m0/s1. The fraction of sp³-hybridized carbons (Fsp3) is 0.263. The van der Waals surface area contributed by atoms with Crippen LogP contribution in [0, 0.1) is 0 Å². The summed E-state index contributed by atoms with van der Waals surface area (Å²) in [5, 5.41) is 6.41. The first kappa shape index (κ1) is 18.8. The minimum atomic E-state index is -0.735. The van der Waals surface area contributed by atoms with Gasteiger partial charge in [-0.25, -0.2) is 9.78 Å². The zero-order valence-corrected chi connectivity index (χ0v) is 15.8. The minimum Gasteiger partial charge on any atom is -0.466 e. The van der Waals surface area contributed by atoms with Crippen LogP contribution in [0.1, 0.15) is 35.5 Å². The maximum Gasteiger partial charge on any atom is 0.358 e. The number of thiazole rings is 1. The summed E-state index contributed by atoms with van der Waals surface area (Å²) in [7, 11) is 1.81. The molecule has 0 saturated carbocycles. The van der Waals surface area contributed by atoms with Gasteiger partial charge >= 0.3 is 11.9 Å². The average Bonchev–Trinajstić information content (AvgIpc) is 3.31. The third-order valence-corrected chi connectivity index (χ3v) is 4.63.